The quantitative estimate of drug-likeness (QED) is 0.0373. The zero-order chi connectivity index (χ0) is 54.8. The SMILES string of the molecule is CC/C=C\C/C=C\C/C=C\C/C=C\C/C=C\C/C=C\C/C=C\C/C=C\C/C=C\CCCC(=O)OC(CO)COC(=O)CCCCCCCCCCCCCCCCCCCCCCC/C=C\C/C=C\CCCCCCC. The van der Waals surface area contributed by atoms with E-state index in [9.17, 15) is 14.7 Å². The molecule has 0 saturated heterocycles. The monoisotopic (exact) mass is 1050 g/mol. The number of unbranched alkanes of at least 4 members (excludes halogenated alkanes) is 27. The highest BCUT2D eigenvalue weighted by molar-refractivity contribution is 5.70. The van der Waals surface area contributed by atoms with Gasteiger partial charge in [0.1, 0.15) is 6.61 Å². The molecule has 1 atom stereocenters. The maximum absolute atomic E-state index is 12.3. The van der Waals surface area contributed by atoms with Gasteiger partial charge in [0, 0.05) is 12.8 Å². The van der Waals surface area contributed by atoms with Crippen LogP contribution in [-0.2, 0) is 19.1 Å². The first-order valence-corrected chi connectivity index (χ1v) is 31.7. The lowest BCUT2D eigenvalue weighted by atomic mass is 10.0. The predicted octanol–water partition coefficient (Wildman–Crippen LogP) is 22.0. The van der Waals surface area contributed by atoms with Gasteiger partial charge < -0.3 is 14.6 Å². The molecule has 0 spiro atoms. The first kappa shape index (κ1) is 72.0. The normalized spacial score (nSPS) is 13.1. The summed E-state index contributed by atoms with van der Waals surface area (Å²) in [5.74, 6) is -0.660. The summed E-state index contributed by atoms with van der Waals surface area (Å²) in [6.07, 6.45) is 97.4. The van der Waals surface area contributed by atoms with Crippen molar-refractivity contribution < 1.29 is 24.2 Å². The number of aliphatic hydroxyl groups excluding tert-OH is 1. The minimum atomic E-state index is -0.813. The van der Waals surface area contributed by atoms with Crippen molar-refractivity contribution in [1.82, 2.24) is 0 Å². The van der Waals surface area contributed by atoms with Crippen molar-refractivity contribution in [3.8, 4) is 0 Å². The van der Waals surface area contributed by atoms with Crippen molar-refractivity contribution in [3.63, 3.8) is 0 Å². The fourth-order valence-electron chi connectivity index (χ4n) is 8.71. The molecule has 76 heavy (non-hydrogen) atoms. The van der Waals surface area contributed by atoms with Crippen LogP contribution in [0.15, 0.2) is 134 Å². The Morgan fingerprint density at radius 2 is 0.579 bits per heavy atom. The fraction of sp³-hybridized carbons (Fsp3) is 0.662. The summed E-state index contributed by atoms with van der Waals surface area (Å²) in [6.45, 7) is 3.98. The highest BCUT2D eigenvalue weighted by Crippen LogP contribution is 2.16. The molecule has 5 heteroatoms. The van der Waals surface area contributed by atoms with Crippen LogP contribution in [0.3, 0.4) is 0 Å². The zero-order valence-electron chi connectivity index (χ0n) is 49.5. The Kier molecular flexibility index (Phi) is 61.9. The number of esters is 2. The van der Waals surface area contributed by atoms with Gasteiger partial charge in [-0.05, 0) is 109 Å². The van der Waals surface area contributed by atoms with Crippen LogP contribution in [0.4, 0.5) is 0 Å². The molecule has 0 fully saturated rings. The third-order valence-electron chi connectivity index (χ3n) is 13.4. The zero-order valence-corrected chi connectivity index (χ0v) is 49.5. The van der Waals surface area contributed by atoms with E-state index in [0.717, 1.165) is 89.9 Å². The van der Waals surface area contributed by atoms with Crippen LogP contribution in [0, 0.1) is 0 Å². The highest BCUT2D eigenvalue weighted by Gasteiger charge is 2.16. The third kappa shape index (κ3) is 62.6. The minimum Gasteiger partial charge on any atom is -0.462 e. The van der Waals surface area contributed by atoms with Gasteiger partial charge in [0.05, 0.1) is 6.61 Å². The lowest BCUT2D eigenvalue weighted by Gasteiger charge is -2.15. The second-order valence-corrected chi connectivity index (χ2v) is 20.8. The molecule has 1 unspecified atom stereocenters. The summed E-state index contributed by atoms with van der Waals surface area (Å²) >= 11 is 0. The van der Waals surface area contributed by atoms with E-state index < -0.39 is 6.10 Å². The molecule has 0 amide bonds. The van der Waals surface area contributed by atoms with Crippen molar-refractivity contribution in [2.45, 2.75) is 290 Å². The van der Waals surface area contributed by atoms with Crippen molar-refractivity contribution >= 4 is 11.9 Å². The second kappa shape index (κ2) is 65.3. The molecular formula is C71H118O5. The van der Waals surface area contributed by atoms with Crippen LogP contribution in [-0.4, -0.2) is 36.4 Å². The van der Waals surface area contributed by atoms with Crippen molar-refractivity contribution in [3.05, 3.63) is 134 Å². The highest BCUT2D eigenvalue weighted by atomic mass is 16.6. The lowest BCUT2D eigenvalue weighted by molar-refractivity contribution is -0.161. The number of carbonyl (C=O) groups excluding carboxylic acids is 2. The second-order valence-electron chi connectivity index (χ2n) is 20.8. The van der Waals surface area contributed by atoms with Gasteiger partial charge in [0.25, 0.3) is 0 Å². The van der Waals surface area contributed by atoms with Gasteiger partial charge in [-0.3, -0.25) is 9.59 Å². The predicted molar refractivity (Wildman–Crippen MR) is 334 cm³/mol. The van der Waals surface area contributed by atoms with E-state index >= 15 is 0 Å². The van der Waals surface area contributed by atoms with E-state index in [1.807, 2.05) is 0 Å². The minimum absolute atomic E-state index is 0.0950. The average molecular weight is 1050 g/mol. The van der Waals surface area contributed by atoms with Gasteiger partial charge in [0.15, 0.2) is 6.10 Å². The fourth-order valence-corrected chi connectivity index (χ4v) is 8.71. The van der Waals surface area contributed by atoms with E-state index in [1.165, 1.54) is 161 Å². The summed E-state index contributed by atoms with van der Waals surface area (Å²) in [7, 11) is 0. The Morgan fingerprint density at radius 1 is 0.316 bits per heavy atom. The molecule has 0 rings (SSSR count). The van der Waals surface area contributed by atoms with E-state index in [-0.39, 0.29) is 31.6 Å². The van der Waals surface area contributed by atoms with Crippen molar-refractivity contribution in [2.24, 2.45) is 0 Å². The Hall–Kier alpha value is -3.96. The number of hydrogen-bond acceptors (Lipinski definition) is 5. The summed E-state index contributed by atoms with van der Waals surface area (Å²) in [5, 5.41) is 9.67. The Labute approximate surface area is 470 Å². The molecule has 0 heterocycles. The Bertz CT molecular complexity index is 1570. The smallest absolute Gasteiger partial charge is 0.306 e. The van der Waals surface area contributed by atoms with Crippen LogP contribution in [0.2, 0.25) is 0 Å². The number of rotatable bonds is 57. The van der Waals surface area contributed by atoms with E-state index in [1.54, 1.807) is 0 Å². The van der Waals surface area contributed by atoms with Crippen LogP contribution in [0.25, 0.3) is 0 Å². The van der Waals surface area contributed by atoms with Gasteiger partial charge in [0.2, 0.25) is 0 Å². The summed E-state index contributed by atoms with van der Waals surface area (Å²) in [4.78, 5) is 24.6. The third-order valence-corrected chi connectivity index (χ3v) is 13.4. The van der Waals surface area contributed by atoms with Crippen molar-refractivity contribution in [1.29, 1.82) is 0 Å². The standard InChI is InChI=1S/C71H118O5/c1-3-5-7-9-11-13-15-17-19-21-23-25-27-29-31-33-34-35-36-38-39-41-43-45-47-49-51-53-55-57-59-61-63-65-70(73)75-68-69(67-72)76-71(74)66-64-62-60-58-56-54-52-50-48-46-44-42-40-37-32-30-28-26-24-22-20-18-16-14-12-10-8-6-4-2/h6,8,12,14-15,17-18,20-21,23-24,26,30,32,40,42,46,48,52,54,58,60,69,72H,3-5,7,9-11,13,16,19,22,25,27-29,31,33-39,41,43-45,47,49-51,53,55-57,59,61-68H2,1-2H3/b8-6-,14-12-,17-15-,20-18-,23-21-,26-24-,32-30-,42-40-,48-46-,54-52-,60-58-. The number of hydrogen-bond donors (Lipinski definition) is 1. The number of aliphatic hydroxyl groups is 1. The largest absolute Gasteiger partial charge is 0.462 e. The Balaban J connectivity index is 3.57. The average Bonchev–Trinajstić information content (AvgIpc) is 3.42. The summed E-state index contributed by atoms with van der Waals surface area (Å²) < 4.78 is 10.7. The van der Waals surface area contributed by atoms with Crippen LogP contribution in [0.1, 0.15) is 284 Å². The van der Waals surface area contributed by atoms with Gasteiger partial charge in [-0.1, -0.05) is 295 Å². The Morgan fingerprint density at radius 3 is 0.895 bits per heavy atom. The molecule has 0 aromatic carbocycles. The number of ether oxygens (including phenoxy) is 2. The summed E-state index contributed by atoms with van der Waals surface area (Å²) in [6, 6.07) is 0. The molecule has 432 valence electrons. The molecule has 0 radical (unpaired) electrons. The van der Waals surface area contributed by atoms with Crippen LogP contribution >= 0.6 is 0 Å². The number of carbonyl (C=O) groups is 2. The summed E-state index contributed by atoms with van der Waals surface area (Å²) in [5.41, 5.74) is 0. The van der Waals surface area contributed by atoms with Crippen LogP contribution < -0.4 is 0 Å². The van der Waals surface area contributed by atoms with Gasteiger partial charge in [-0.25, -0.2) is 0 Å². The molecule has 0 aliphatic rings. The van der Waals surface area contributed by atoms with Gasteiger partial charge in [-0.15, -0.1) is 0 Å². The topological polar surface area (TPSA) is 72.8 Å². The molecular weight excluding hydrogens is 933 g/mol. The molecule has 0 saturated carbocycles. The van der Waals surface area contributed by atoms with Crippen LogP contribution in [0.5, 0.6) is 0 Å². The number of allylic oxidation sites excluding steroid dienone is 22. The molecule has 1 N–H and O–H groups in total. The molecule has 5 nitrogen and oxygen atoms in total. The lowest BCUT2D eigenvalue weighted by Crippen LogP contribution is -2.28. The maximum atomic E-state index is 12.3. The van der Waals surface area contributed by atoms with Gasteiger partial charge >= 0.3 is 11.9 Å². The molecule has 0 aliphatic carbocycles. The van der Waals surface area contributed by atoms with E-state index in [4.69, 9.17) is 9.47 Å². The van der Waals surface area contributed by atoms with Gasteiger partial charge in [-0.2, -0.15) is 0 Å². The molecule has 0 aliphatic heterocycles. The first-order valence-electron chi connectivity index (χ1n) is 31.7. The first-order chi connectivity index (χ1) is 37.6. The molecule has 0 bridgehead atoms. The van der Waals surface area contributed by atoms with E-state index in [0.29, 0.717) is 12.8 Å². The molecule has 0 aromatic rings. The maximum Gasteiger partial charge on any atom is 0.306 e. The molecule has 0 aromatic heterocycles. The van der Waals surface area contributed by atoms with E-state index in [2.05, 4.69) is 148 Å². The van der Waals surface area contributed by atoms with Crippen molar-refractivity contribution in [2.75, 3.05) is 13.2 Å².